The van der Waals surface area contributed by atoms with Gasteiger partial charge in [-0.25, -0.2) is 22.5 Å². The number of furan rings is 2. The highest BCUT2D eigenvalue weighted by atomic mass is 32.2. The van der Waals surface area contributed by atoms with E-state index in [9.17, 15) is 18.0 Å². The number of nitrogens with zero attached hydrogens (tertiary/aromatic N) is 3. The topological polar surface area (TPSA) is 123 Å². The SMILES string of the molecule is CN(C)S(=O)(=O)c1cccc(C(=O)OCC(=O)N2N=C3/C(=C/c4ccco4)CCCC3C2c2ccco2)c1. The molecule has 0 radical (unpaired) electrons. The molecule has 0 spiro atoms. The number of fused-ring (bicyclic) bond motifs is 1. The van der Waals surface area contributed by atoms with Crippen molar-refractivity contribution in [2.75, 3.05) is 20.7 Å². The van der Waals surface area contributed by atoms with Gasteiger partial charge < -0.3 is 13.6 Å². The fourth-order valence-electron chi connectivity index (χ4n) is 4.76. The van der Waals surface area contributed by atoms with Crippen molar-refractivity contribution < 1.29 is 31.6 Å². The highest BCUT2D eigenvalue weighted by Gasteiger charge is 2.45. The Labute approximate surface area is 220 Å². The summed E-state index contributed by atoms with van der Waals surface area (Å²) < 4.78 is 42.3. The molecule has 2 aromatic heterocycles. The molecule has 198 valence electrons. The zero-order chi connectivity index (χ0) is 26.9. The smallest absolute Gasteiger partial charge is 0.338 e. The molecule has 0 bridgehead atoms. The number of allylic oxidation sites excluding steroid dienone is 1. The quantitative estimate of drug-likeness (QED) is 0.416. The monoisotopic (exact) mass is 537 g/mol. The molecule has 2 atom stereocenters. The number of hydrogen-bond donors (Lipinski definition) is 0. The highest BCUT2D eigenvalue weighted by Crippen LogP contribution is 2.44. The average Bonchev–Trinajstić information content (AvgIpc) is 3.68. The first-order valence-corrected chi connectivity index (χ1v) is 13.6. The van der Waals surface area contributed by atoms with Crippen LogP contribution in [0.5, 0.6) is 0 Å². The molecule has 1 amide bonds. The molecule has 5 rings (SSSR count). The van der Waals surface area contributed by atoms with Gasteiger partial charge in [0.15, 0.2) is 6.61 Å². The summed E-state index contributed by atoms with van der Waals surface area (Å²) in [6.45, 7) is -0.568. The Balaban J connectivity index is 1.37. The van der Waals surface area contributed by atoms with E-state index in [0.717, 1.165) is 34.9 Å². The number of sulfonamides is 1. The van der Waals surface area contributed by atoms with Crippen molar-refractivity contribution in [3.05, 3.63) is 83.7 Å². The minimum atomic E-state index is -3.74. The van der Waals surface area contributed by atoms with E-state index in [1.807, 2.05) is 18.2 Å². The molecule has 10 nitrogen and oxygen atoms in total. The Hall–Kier alpha value is -3.96. The molecular weight excluding hydrogens is 510 g/mol. The summed E-state index contributed by atoms with van der Waals surface area (Å²) in [5, 5.41) is 6.01. The van der Waals surface area contributed by atoms with E-state index in [0.29, 0.717) is 11.5 Å². The molecule has 1 saturated carbocycles. The fraction of sp³-hybridized carbons (Fsp3) is 0.296. The molecule has 1 fully saturated rings. The van der Waals surface area contributed by atoms with E-state index >= 15 is 0 Å². The van der Waals surface area contributed by atoms with Gasteiger partial charge in [0.25, 0.3) is 5.91 Å². The van der Waals surface area contributed by atoms with Gasteiger partial charge in [0.1, 0.15) is 17.6 Å². The maximum absolute atomic E-state index is 13.3. The minimum absolute atomic E-state index is 0.0217. The summed E-state index contributed by atoms with van der Waals surface area (Å²) in [4.78, 5) is 26.0. The highest BCUT2D eigenvalue weighted by molar-refractivity contribution is 7.89. The van der Waals surface area contributed by atoms with Crippen molar-refractivity contribution in [2.45, 2.75) is 30.2 Å². The van der Waals surface area contributed by atoms with Crippen LogP contribution < -0.4 is 0 Å². The van der Waals surface area contributed by atoms with Gasteiger partial charge in [0, 0.05) is 20.0 Å². The number of hydrogen-bond acceptors (Lipinski definition) is 8. The van der Waals surface area contributed by atoms with Crippen molar-refractivity contribution in [3.8, 4) is 0 Å². The maximum atomic E-state index is 13.3. The first-order valence-electron chi connectivity index (χ1n) is 12.1. The molecule has 1 aromatic carbocycles. The standard InChI is InChI=1S/C27H27N3O7S/c1-29(2)38(33,34)21-10-3-8-19(16-21)27(32)37-17-24(31)30-26(23-12-6-14-36-23)22-11-4-7-18(25(22)28-30)15-20-9-5-13-35-20/h3,5-6,8-10,12-16,22,26H,4,7,11,17H2,1-2H3/b18-15+. The van der Waals surface area contributed by atoms with Crippen molar-refractivity contribution in [2.24, 2.45) is 11.0 Å². The fourth-order valence-corrected chi connectivity index (χ4v) is 5.71. The van der Waals surface area contributed by atoms with Crippen LogP contribution in [-0.4, -0.2) is 56.0 Å². The van der Waals surface area contributed by atoms with Gasteiger partial charge in [-0.15, -0.1) is 0 Å². The van der Waals surface area contributed by atoms with Crippen molar-refractivity contribution in [1.82, 2.24) is 9.31 Å². The number of esters is 1. The zero-order valence-electron chi connectivity index (χ0n) is 20.9. The van der Waals surface area contributed by atoms with Crippen LogP contribution in [0.15, 0.2) is 85.5 Å². The third-order valence-electron chi connectivity index (χ3n) is 6.63. The first kappa shape index (κ1) is 25.7. The number of hydrazone groups is 1. The Morgan fingerprint density at radius 3 is 2.63 bits per heavy atom. The van der Waals surface area contributed by atoms with E-state index in [2.05, 4.69) is 5.10 Å². The van der Waals surface area contributed by atoms with Crippen LogP contribution in [0.2, 0.25) is 0 Å². The summed E-state index contributed by atoms with van der Waals surface area (Å²) in [5.74, 6) is -0.115. The molecule has 2 aliphatic rings. The van der Waals surface area contributed by atoms with Crippen molar-refractivity contribution in [3.63, 3.8) is 0 Å². The lowest BCUT2D eigenvalue weighted by molar-refractivity contribution is -0.137. The molecule has 3 aromatic rings. The third kappa shape index (κ3) is 4.94. The summed E-state index contributed by atoms with van der Waals surface area (Å²) in [6, 6.07) is 12.3. The number of benzene rings is 1. The second kappa shape index (κ2) is 10.4. The molecule has 1 aliphatic heterocycles. The molecular formula is C27H27N3O7S. The van der Waals surface area contributed by atoms with Crippen LogP contribution in [0.25, 0.3) is 6.08 Å². The molecule has 2 unspecified atom stereocenters. The van der Waals surface area contributed by atoms with Crippen LogP contribution in [0.1, 0.15) is 47.2 Å². The summed E-state index contributed by atoms with van der Waals surface area (Å²) in [7, 11) is -0.933. The summed E-state index contributed by atoms with van der Waals surface area (Å²) in [6.07, 6.45) is 7.61. The number of ether oxygens (including phenoxy) is 1. The van der Waals surface area contributed by atoms with Gasteiger partial charge in [-0.1, -0.05) is 6.07 Å². The minimum Gasteiger partial charge on any atom is -0.467 e. The van der Waals surface area contributed by atoms with E-state index in [1.165, 1.54) is 43.4 Å². The second-order valence-corrected chi connectivity index (χ2v) is 11.4. The lowest BCUT2D eigenvalue weighted by atomic mass is 9.79. The van der Waals surface area contributed by atoms with E-state index in [1.54, 1.807) is 24.7 Å². The zero-order valence-corrected chi connectivity index (χ0v) is 21.8. The maximum Gasteiger partial charge on any atom is 0.338 e. The molecule has 38 heavy (non-hydrogen) atoms. The van der Waals surface area contributed by atoms with Gasteiger partial charge in [-0.3, -0.25) is 4.79 Å². The second-order valence-electron chi connectivity index (χ2n) is 9.26. The molecule has 0 saturated heterocycles. The largest absolute Gasteiger partial charge is 0.467 e. The van der Waals surface area contributed by atoms with Gasteiger partial charge in [-0.05, 0) is 73.4 Å². The number of amides is 1. The Kier molecular flexibility index (Phi) is 7.04. The Morgan fingerprint density at radius 1 is 1.13 bits per heavy atom. The lowest BCUT2D eigenvalue weighted by Gasteiger charge is -2.27. The van der Waals surface area contributed by atoms with Gasteiger partial charge in [0.2, 0.25) is 10.0 Å². The number of carbonyl (C=O) groups excluding carboxylic acids is 2. The number of carbonyl (C=O) groups is 2. The van der Waals surface area contributed by atoms with Crippen LogP contribution >= 0.6 is 0 Å². The predicted octanol–water partition coefficient (Wildman–Crippen LogP) is 4.10. The molecule has 3 heterocycles. The van der Waals surface area contributed by atoms with Crippen molar-refractivity contribution in [1.29, 1.82) is 0 Å². The van der Waals surface area contributed by atoms with Gasteiger partial charge >= 0.3 is 5.97 Å². The molecule has 1 aliphatic carbocycles. The van der Waals surface area contributed by atoms with E-state index < -0.39 is 34.5 Å². The van der Waals surface area contributed by atoms with Gasteiger partial charge in [-0.2, -0.15) is 5.10 Å². The van der Waals surface area contributed by atoms with E-state index in [4.69, 9.17) is 13.6 Å². The Bertz CT molecular complexity index is 1490. The Morgan fingerprint density at radius 2 is 1.92 bits per heavy atom. The van der Waals surface area contributed by atoms with Gasteiger partial charge in [0.05, 0.1) is 28.7 Å². The number of rotatable bonds is 7. The predicted molar refractivity (Wildman–Crippen MR) is 137 cm³/mol. The first-order chi connectivity index (χ1) is 18.3. The lowest BCUT2D eigenvalue weighted by Crippen LogP contribution is -2.34. The summed E-state index contributed by atoms with van der Waals surface area (Å²) >= 11 is 0. The van der Waals surface area contributed by atoms with Crippen LogP contribution in [-0.2, 0) is 19.6 Å². The molecule has 0 N–H and O–H groups in total. The van der Waals surface area contributed by atoms with Crippen LogP contribution in [0.4, 0.5) is 0 Å². The van der Waals surface area contributed by atoms with Crippen LogP contribution in [0.3, 0.4) is 0 Å². The summed E-state index contributed by atoms with van der Waals surface area (Å²) in [5.41, 5.74) is 1.79. The van der Waals surface area contributed by atoms with E-state index in [-0.39, 0.29) is 16.4 Å². The normalized spacial score (nSPS) is 20.4. The van der Waals surface area contributed by atoms with Crippen LogP contribution in [0, 0.1) is 5.92 Å². The van der Waals surface area contributed by atoms with Crippen molar-refractivity contribution >= 4 is 33.7 Å². The average molecular weight is 538 g/mol. The molecule has 11 heteroatoms. The third-order valence-corrected chi connectivity index (χ3v) is 8.44.